The minimum Gasteiger partial charge on any atom is -0.317 e. The third-order valence-corrected chi connectivity index (χ3v) is 5.74. The minimum absolute atomic E-state index is 0.480. The lowest BCUT2D eigenvalue weighted by Crippen LogP contribution is -2.47. The fraction of sp³-hybridized carbons (Fsp3) is 1.00. The van der Waals surface area contributed by atoms with Gasteiger partial charge in [0.15, 0.2) is 0 Å². The fourth-order valence-electron chi connectivity index (χ4n) is 4.20. The molecule has 1 heterocycles. The number of hydrogen-bond donors (Lipinski definition) is 1. The van der Waals surface area contributed by atoms with E-state index in [0.29, 0.717) is 5.41 Å². The number of nitrogens with zero attached hydrogens (tertiary/aromatic N) is 1. The molecule has 1 aliphatic carbocycles. The molecule has 2 heteroatoms. The molecule has 0 aromatic carbocycles. The SMILES string of the molecule is CNC1CCC(C(C)(C)C)CC1CN1CCCC1C. The maximum atomic E-state index is 3.59. The Morgan fingerprint density at radius 1 is 1.16 bits per heavy atom. The Morgan fingerprint density at radius 3 is 2.42 bits per heavy atom. The highest BCUT2D eigenvalue weighted by molar-refractivity contribution is 4.91. The summed E-state index contributed by atoms with van der Waals surface area (Å²) in [7, 11) is 2.16. The van der Waals surface area contributed by atoms with Gasteiger partial charge in [-0.05, 0) is 69.9 Å². The van der Waals surface area contributed by atoms with Gasteiger partial charge < -0.3 is 10.2 Å². The van der Waals surface area contributed by atoms with E-state index in [9.17, 15) is 0 Å². The average Bonchev–Trinajstić information content (AvgIpc) is 2.74. The van der Waals surface area contributed by atoms with Crippen LogP contribution in [0.1, 0.15) is 59.8 Å². The van der Waals surface area contributed by atoms with Crippen LogP contribution in [0.3, 0.4) is 0 Å². The van der Waals surface area contributed by atoms with Crippen molar-refractivity contribution >= 4 is 0 Å². The molecule has 2 rings (SSSR count). The molecule has 0 amide bonds. The first kappa shape index (κ1) is 15.3. The van der Waals surface area contributed by atoms with Crippen molar-refractivity contribution in [3.63, 3.8) is 0 Å². The third-order valence-electron chi connectivity index (χ3n) is 5.74. The van der Waals surface area contributed by atoms with Crippen LogP contribution in [0, 0.1) is 17.3 Å². The maximum Gasteiger partial charge on any atom is 0.0105 e. The average molecular weight is 266 g/mol. The van der Waals surface area contributed by atoms with Crippen LogP contribution in [-0.2, 0) is 0 Å². The summed E-state index contributed by atoms with van der Waals surface area (Å²) in [4.78, 5) is 2.74. The van der Waals surface area contributed by atoms with Crippen molar-refractivity contribution in [2.45, 2.75) is 71.9 Å². The van der Waals surface area contributed by atoms with Gasteiger partial charge in [0.25, 0.3) is 0 Å². The molecular weight excluding hydrogens is 232 g/mol. The van der Waals surface area contributed by atoms with Gasteiger partial charge >= 0.3 is 0 Å². The molecule has 0 aromatic rings. The first-order valence-corrected chi connectivity index (χ1v) is 8.33. The van der Waals surface area contributed by atoms with Gasteiger partial charge in [-0.25, -0.2) is 0 Å². The van der Waals surface area contributed by atoms with Gasteiger partial charge in [-0.2, -0.15) is 0 Å². The van der Waals surface area contributed by atoms with E-state index in [4.69, 9.17) is 0 Å². The normalized spacial score (nSPS) is 37.7. The highest BCUT2D eigenvalue weighted by Gasteiger charge is 2.36. The van der Waals surface area contributed by atoms with Crippen LogP contribution in [0.4, 0.5) is 0 Å². The van der Waals surface area contributed by atoms with E-state index in [2.05, 4.69) is 45.0 Å². The van der Waals surface area contributed by atoms with Gasteiger partial charge in [0.2, 0.25) is 0 Å². The van der Waals surface area contributed by atoms with Crippen molar-refractivity contribution in [2.24, 2.45) is 17.3 Å². The summed E-state index contributed by atoms with van der Waals surface area (Å²) in [6, 6.07) is 1.55. The largest absolute Gasteiger partial charge is 0.317 e. The van der Waals surface area contributed by atoms with Crippen LogP contribution < -0.4 is 5.32 Å². The quantitative estimate of drug-likeness (QED) is 0.841. The summed E-state index contributed by atoms with van der Waals surface area (Å²) < 4.78 is 0. The van der Waals surface area contributed by atoms with Gasteiger partial charge in [0, 0.05) is 18.6 Å². The predicted octanol–water partition coefficient (Wildman–Crippen LogP) is 3.52. The molecular formula is C17H34N2. The zero-order chi connectivity index (χ0) is 14.0. The maximum absolute atomic E-state index is 3.59. The number of nitrogens with one attached hydrogen (secondary N) is 1. The molecule has 112 valence electrons. The molecule has 1 N–H and O–H groups in total. The molecule has 1 saturated carbocycles. The summed E-state index contributed by atoms with van der Waals surface area (Å²) in [5.41, 5.74) is 0.480. The van der Waals surface area contributed by atoms with Crippen molar-refractivity contribution < 1.29 is 0 Å². The molecule has 2 aliphatic rings. The molecule has 4 unspecified atom stereocenters. The molecule has 1 aliphatic heterocycles. The van der Waals surface area contributed by atoms with E-state index in [1.54, 1.807) is 0 Å². The predicted molar refractivity (Wildman–Crippen MR) is 83.4 cm³/mol. The molecule has 19 heavy (non-hydrogen) atoms. The summed E-state index contributed by atoms with van der Waals surface area (Å²) in [5, 5.41) is 3.59. The number of rotatable bonds is 3. The molecule has 0 bridgehead atoms. The first-order valence-electron chi connectivity index (χ1n) is 8.33. The van der Waals surface area contributed by atoms with E-state index < -0.39 is 0 Å². The van der Waals surface area contributed by atoms with Gasteiger partial charge in [-0.1, -0.05) is 20.8 Å². The molecule has 2 nitrogen and oxygen atoms in total. The van der Waals surface area contributed by atoms with Crippen LogP contribution in [0.5, 0.6) is 0 Å². The smallest absolute Gasteiger partial charge is 0.0105 e. The van der Waals surface area contributed by atoms with Crippen molar-refractivity contribution in [3.05, 3.63) is 0 Å². The Hall–Kier alpha value is -0.0800. The lowest BCUT2D eigenvalue weighted by atomic mass is 9.67. The number of hydrogen-bond acceptors (Lipinski definition) is 2. The Balaban J connectivity index is 1.97. The molecule has 4 atom stereocenters. The molecule has 0 aromatic heterocycles. The summed E-state index contributed by atoms with van der Waals surface area (Å²) in [6.07, 6.45) is 6.99. The second-order valence-electron chi connectivity index (χ2n) is 8.02. The second-order valence-corrected chi connectivity index (χ2v) is 8.02. The Labute approximate surface area is 120 Å². The first-order chi connectivity index (χ1) is 8.91. The Bertz CT molecular complexity index is 279. The van der Waals surface area contributed by atoms with Gasteiger partial charge in [0.1, 0.15) is 0 Å². The highest BCUT2D eigenvalue weighted by atomic mass is 15.2. The minimum atomic E-state index is 0.480. The Kier molecular flexibility index (Phi) is 4.94. The third kappa shape index (κ3) is 3.72. The lowest BCUT2D eigenvalue weighted by Gasteiger charge is -2.43. The summed E-state index contributed by atoms with van der Waals surface area (Å²) in [6.45, 7) is 12.3. The van der Waals surface area contributed by atoms with Crippen molar-refractivity contribution in [1.82, 2.24) is 10.2 Å². The van der Waals surface area contributed by atoms with Crippen LogP contribution >= 0.6 is 0 Å². The van der Waals surface area contributed by atoms with E-state index in [-0.39, 0.29) is 0 Å². The lowest BCUT2D eigenvalue weighted by molar-refractivity contribution is 0.0880. The second kappa shape index (κ2) is 6.13. The van der Waals surface area contributed by atoms with Crippen LogP contribution in [0.2, 0.25) is 0 Å². The van der Waals surface area contributed by atoms with Gasteiger partial charge in [0.05, 0.1) is 0 Å². The van der Waals surface area contributed by atoms with E-state index in [0.717, 1.165) is 23.9 Å². The van der Waals surface area contributed by atoms with Gasteiger partial charge in [-0.15, -0.1) is 0 Å². The van der Waals surface area contributed by atoms with Crippen LogP contribution in [-0.4, -0.2) is 37.1 Å². The fourth-order valence-corrected chi connectivity index (χ4v) is 4.20. The number of likely N-dealkylation sites (tertiary alicyclic amines) is 1. The van der Waals surface area contributed by atoms with E-state index in [1.165, 1.54) is 45.2 Å². The summed E-state index contributed by atoms with van der Waals surface area (Å²) >= 11 is 0. The zero-order valence-electron chi connectivity index (χ0n) is 13.7. The molecule has 0 spiro atoms. The van der Waals surface area contributed by atoms with Gasteiger partial charge in [-0.3, -0.25) is 0 Å². The van der Waals surface area contributed by atoms with Crippen LogP contribution in [0.25, 0.3) is 0 Å². The van der Waals surface area contributed by atoms with Crippen molar-refractivity contribution in [1.29, 1.82) is 0 Å². The van der Waals surface area contributed by atoms with E-state index >= 15 is 0 Å². The Morgan fingerprint density at radius 2 is 1.89 bits per heavy atom. The molecule has 1 saturated heterocycles. The van der Waals surface area contributed by atoms with Crippen molar-refractivity contribution in [3.8, 4) is 0 Å². The highest BCUT2D eigenvalue weighted by Crippen LogP contribution is 2.41. The summed E-state index contributed by atoms with van der Waals surface area (Å²) in [5.74, 6) is 1.75. The topological polar surface area (TPSA) is 15.3 Å². The zero-order valence-corrected chi connectivity index (χ0v) is 13.7. The monoisotopic (exact) mass is 266 g/mol. The molecule has 0 radical (unpaired) electrons. The standard InChI is InChI=1S/C17H34N2/c1-13-7-6-10-19(13)12-14-11-15(17(2,3)4)8-9-16(14)18-5/h13-16,18H,6-12H2,1-5H3. The van der Waals surface area contributed by atoms with E-state index in [1.807, 2.05) is 0 Å². The molecule has 2 fully saturated rings. The van der Waals surface area contributed by atoms with Crippen LogP contribution in [0.15, 0.2) is 0 Å². The van der Waals surface area contributed by atoms with Crippen molar-refractivity contribution in [2.75, 3.05) is 20.1 Å².